The first-order valence-electron chi connectivity index (χ1n) is 7.43. The summed E-state index contributed by atoms with van der Waals surface area (Å²) in [6.45, 7) is 2.43. The fourth-order valence-electron chi connectivity index (χ4n) is 2.10. The lowest BCUT2D eigenvalue weighted by atomic mass is 10.1. The van der Waals surface area contributed by atoms with Gasteiger partial charge in [-0.2, -0.15) is 0 Å². The number of anilines is 1. The average Bonchev–Trinajstić information content (AvgIpc) is 2.55. The van der Waals surface area contributed by atoms with Gasteiger partial charge in [-0.05, 0) is 49.2 Å². The van der Waals surface area contributed by atoms with E-state index in [2.05, 4.69) is 5.32 Å². The Morgan fingerprint density at radius 2 is 1.87 bits per heavy atom. The Bertz CT molecular complexity index is 680. The van der Waals surface area contributed by atoms with Crippen LogP contribution >= 0.6 is 0 Å². The molecular formula is C18H19NO4. The van der Waals surface area contributed by atoms with Crippen LogP contribution in [0.4, 0.5) is 5.69 Å². The number of hydrogen-bond acceptors (Lipinski definition) is 3. The molecule has 0 atom stereocenters. The molecule has 0 heterocycles. The zero-order chi connectivity index (χ0) is 16.7. The highest BCUT2D eigenvalue weighted by Gasteiger charge is 2.07. The first-order chi connectivity index (χ1) is 11.1. The van der Waals surface area contributed by atoms with Gasteiger partial charge in [0.05, 0.1) is 6.61 Å². The number of hydrogen-bond donors (Lipinski definition) is 2. The van der Waals surface area contributed by atoms with E-state index in [0.717, 1.165) is 5.56 Å². The molecule has 120 valence electrons. The topological polar surface area (TPSA) is 75.6 Å². The van der Waals surface area contributed by atoms with Gasteiger partial charge in [0.15, 0.2) is 0 Å². The molecule has 2 N–H and O–H groups in total. The summed E-state index contributed by atoms with van der Waals surface area (Å²) < 4.78 is 5.38. The number of carbonyl (C=O) groups is 2. The summed E-state index contributed by atoms with van der Waals surface area (Å²) in [5, 5.41) is 11.5. The SMILES string of the molecule is CCOc1cccc(C(=O)Nc2ccc(CCC(=O)O)cc2)c1. The molecule has 0 aliphatic rings. The van der Waals surface area contributed by atoms with Gasteiger partial charge in [-0.25, -0.2) is 0 Å². The molecule has 0 aliphatic heterocycles. The van der Waals surface area contributed by atoms with E-state index in [1.165, 1.54) is 0 Å². The van der Waals surface area contributed by atoms with Crippen LogP contribution < -0.4 is 10.1 Å². The van der Waals surface area contributed by atoms with Crippen LogP contribution in [0.25, 0.3) is 0 Å². The molecule has 2 rings (SSSR count). The second-order valence-electron chi connectivity index (χ2n) is 5.01. The number of rotatable bonds is 7. The molecule has 0 aromatic heterocycles. The molecule has 0 unspecified atom stereocenters. The summed E-state index contributed by atoms with van der Waals surface area (Å²) in [6.07, 6.45) is 0.565. The molecule has 0 saturated carbocycles. The smallest absolute Gasteiger partial charge is 0.303 e. The zero-order valence-electron chi connectivity index (χ0n) is 12.9. The molecule has 5 heteroatoms. The van der Waals surface area contributed by atoms with Crippen LogP contribution in [0.2, 0.25) is 0 Å². The van der Waals surface area contributed by atoms with Gasteiger partial charge in [0, 0.05) is 17.7 Å². The van der Waals surface area contributed by atoms with Crippen LogP contribution in [0.3, 0.4) is 0 Å². The van der Waals surface area contributed by atoms with E-state index in [4.69, 9.17) is 9.84 Å². The summed E-state index contributed by atoms with van der Waals surface area (Å²) in [5.41, 5.74) is 2.10. The van der Waals surface area contributed by atoms with E-state index < -0.39 is 5.97 Å². The molecule has 0 aliphatic carbocycles. The van der Waals surface area contributed by atoms with Gasteiger partial charge < -0.3 is 15.2 Å². The molecule has 5 nitrogen and oxygen atoms in total. The fraction of sp³-hybridized carbons (Fsp3) is 0.222. The van der Waals surface area contributed by atoms with Gasteiger partial charge >= 0.3 is 5.97 Å². The third-order valence-corrected chi connectivity index (χ3v) is 3.25. The quantitative estimate of drug-likeness (QED) is 0.822. The van der Waals surface area contributed by atoms with Crippen molar-refractivity contribution in [3.63, 3.8) is 0 Å². The third kappa shape index (κ3) is 5.14. The minimum atomic E-state index is -0.823. The number of carboxylic acid groups (broad SMARTS) is 1. The number of benzene rings is 2. The van der Waals surface area contributed by atoms with Gasteiger partial charge in [-0.1, -0.05) is 18.2 Å². The van der Waals surface area contributed by atoms with Gasteiger partial charge in [0.1, 0.15) is 5.75 Å². The summed E-state index contributed by atoms with van der Waals surface area (Å²) in [5.74, 6) is -0.384. The van der Waals surface area contributed by atoms with Crippen molar-refractivity contribution in [2.24, 2.45) is 0 Å². The number of ether oxygens (including phenoxy) is 1. The second kappa shape index (κ2) is 7.98. The van der Waals surface area contributed by atoms with Crippen molar-refractivity contribution in [2.75, 3.05) is 11.9 Å². The molecule has 0 radical (unpaired) electrons. The third-order valence-electron chi connectivity index (χ3n) is 3.25. The summed E-state index contributed by atoms with van der Waals surface area (Å²) in [6, 6.07) is 14.2. The molecule has 0 fully saturated rings. The number of aliphatic carboxylic acids is 1. The fourth-order valence-corrected chi connectivity index (χ4v) is 2.10. The first kappa shape index (κ1) is 16.5. The lowest BCUT2D eigenvalue weighted by Crippen LogP contribution is -2.12. The Kier molecular flexibility index (Phi) is 5.74. The number of aryl methyl sites for hydroxylation is 1. The second-order valence-corrected chi connectivity index (χ2v) is 5.01. The van der Waals surface area contributed by atoms with Crippen LogP contribution in [-0.4, -0.2) is 23.6 Å². The Hall–Kier alpha value is -2.82. The maximum atomic E-state index is 12.2. The van der Waals surface area contributed by atoms with E-state index in [9.17, 15) is 9.59 Å². The Morgan fingerprint density at radius 1 is 1.13 bits per heavy atom. The van der Waals surface area contributed by atoms with E-state index in [-0.39, 0.29) is 12.3 Å². The van der Waals surface area contributed by atoms with E-state index >= 15 is 0 Å². The molecule has 0 bridgehead atoms. The van der Waals surface area contributed by atoms with Crippen LogP contribution in [0.1, 0.15) is 29.3 Å². The van der Waals surface area contributed by atoms with Crippen LogP contribution in [-0.2, 0) is 11.2 Å². The zero-order valence-corrected chi connectivity index (χ0v) is 12.9. The van der Waals surface area contributed by atoms with Gasteiger partial charge in [-0.15, -0.1) is 0 Å². The van der Waals surface area contributed by atoms with Gasteiger partial charge in [0.25, 0.3) is 5.91 Å². The van der Waals surface area contributed by atoms with Crippen LogP contribution in [0.5, 0.6) is 5.75 Å². The minimum Gasteiger partial charge on any atom is -0.494 e. The van der Waals surface area contributed by atoms with E-state index in [1.54, 1.807) is 36.4 Å². The number of carboxylic acids is 1. The van der Waals surface area contributed by atoms with E-state index in [0.29, 0.717) is 30.0 Å². The molecule has 0 saturated heterocycles. The molecule has 23 heavy (non-hydrogen) atoms. The number of amides is 1. The largest absolute Gasteiger partial charge is 0.494 e. The molecule has 2 aromatic carbocycles. The maximum absolute atomic E-state index is 12.2. The van der Waals surface area contributed by atoms with Crippen LogP contribution in [0, 0.1) is 0 Å². The maximum Gasteiger partial charge on any atom is 0.303 e. The molecular weight excluding hydrogens is 294 g/mol. The molecule has 1 amide bonds. The van der Waals surface area contributed by atoms with Crippen molar-refractivity contribution >= 4 is 17.6 Å². The minimum absolute atomic E-state index is 0.0932. The van der Waals surface area contributed by atoms with Crippen molar-refractivity contribution in [1.29, 1.82) is 0 Å². The van der Waals surface area contributed by atoms with Crippen molar-refractivity contribution in [1.82, 2.24) is 0 Å². The van der Waals surface area contributed by atoms with Crippen molar-refractivity contribution in [2.45, 2.75) is 19.8 Å². The first-order valence-corrected chi connectivity index (χ1v) is 7.43. The Labute approximate surface area is 134 Å². The average molecular weight is 313 g/mol. The Morgan fingerprint density at radius 3 is 2.52 bits per heavy atom. The highest BCUT2D eigenvalue weighted by Crippen LogP contribution is 2.16. The Balaban J connectivity index is 1.99. The molecule has 0 spiro atoms. The van der Waals surface area contributed by atoms with Crippen molar-refractivity contribution < 1.29 is 19.4 Å². The van der Waals surface area contributed by atoms with Crippen molar-refractivity contribution in [3.05, 3.63) is 59.7 Å². The van der Waals surface area contributed by atoms with Gasteiger partial charge in [0.2, 0.25) is 0 Å². The molecule has 2 aromatic rings. The lowest BCUT2D eigenvalue weighted by molar-refractivity contribution is -0.136. The highest BCUT2D eigenvalue weighted by atomic mass is 16.5. The predicted octanol–water partition coefficient (Wildman–Crippen LogP) is 3.35. The normalized spacial score (nSPS) is 10.1. The number of carbonyl (C=O) groups excluding carboxylic acids is 1. The summed E-state index contributed by atoms with van der Waals surface area (Å²) in [7, 11) is 0. The monoisotopic (exact) mass is 313 g/mol. The summed E-state index contributed by atoms with van der Waals surface area (Å²) >= 11 is 0. The standard InChI is InChI=1S/C18H19NO4/c1-2-23-16-5-3-4-14(12-16)18(22)19-15-9-6-13(7-10-15)8-11-17(20)21/h3-7,9-10,12H,2,8,11H2,1H3,(H,19,22)(H,20,21). The van der Waals surface area contributed by atoms with Crippen LogP contribution in [0.15, 0.2) is 48.5 Å². The van der Waals surface area contributed by atoms with Gasteiger partial charge in [-0.3, -0.25) is 9.59 Å². The predicted molar refractivity (Wildman–Crippen MR) is 88.0 cm³/mol. The summed E-state index contributed by atoms with van der Waals surface area (Å²) in [4.78, 5) is 22.8. The number of nitrogens with one attached hydrogen (secondary N) is 1. The highest BCUT2D eigenvalue weighted by molar-refractivity contribution is 6.04. The van der Waals surface area contributed by atoms with Crippen molar-refractivity contribution in [3.8, 4) is 5.75 Å². The van der Waals surface area contributed by atoms with E-state index in [1.807, 2.05) is 19.1 Å². The lowest BCUT2D eigenvalue weighted by Gasteiger charge is -2.08.